The summed E-state index contributed by atoms with van der Waals surface area (Å²) in [4.78, 5) is 47.1. The highest BCUT2D eigenvalue weighted by Crippen LogP contribution is 2.16. The molecule has 3 rings (SSSR count). The summed E-state index contributed by atoms with van der Waals surface area (Å²) >= 11 is 0. The molecule has 0 aliphatic carbocycles. The molecule has 2 aromatic carbocycles. The monoisotopic (exact) mass is 517 g/mol. The maximum atomic E-state index is 13.6. The number of hydrogen-bond donors (Lipinski definition) is 4. The van der Waals surface area contributed by atoms with E-state index >= 15 is 0 Å². The van der Waals surface area contributed by atoms with E-state index in [4.69, 9.17) is 9.84 Å². The molecule has 1 heterocycles. The number of ether oxygens (including phenoxy) is 1. The van der Waals surface area contributed by atoms with Gasteiger partial charge in [-0.25, -0.2) is 18.4 Å². The summed E-state index contributed by atoms with van der Waals surface area (Å²) in [6.45, 7) is 0.722. The van der Waals surface area contributed by atoms with Crippen molar-refractivity contribution in [2.45, 2.75) is 50.7 Å². The van der Waals surface area contributed by atoms with Gasteiger partial charge in [-0.2, -0.15) is 0 Å². The lowest BCUT2D eigenvalue weighted by Gasteiger charge is -2.17. The highest BCUT2D eigenvalue weighted by atomic mass is 19.1. The molecule has 3 amide bonds. The molecule has 0 radical (unpaired) electrons. The lowest BCUT2D eigenvalue weighted by Crippen LogP contribution is -2.44. The van der Waals surface area contributed by atoms with Crippen molar-refractivity contribution in [1.29, 1.82) is 0 Å². The quantitative estimate of drug-likeness (QED) is 0.302. The summed E-state index contributed by atoms with van der Waals surface area (Å²) in [6.07, 6.45) is 0.598. The first-order valence-corrected chi connectivity index (χ1v) is 12.0. The topological polar surface area (TPSA) is 134 Å². The Bertz CT molecular complexity index is 1130. The molecule has 9 nitrogen and oxygen atoms in total. The van der Waals surface area contributed by atoms with Crippen molar-refractivity contribution >= 4 is 23.9 Å². The van der Waals surface area contributed by atoms with Crippen molar-refractivity contribution in [3.05, 3.63) is 70.8 Å². The zero-order valence-corrected chi connectivity index (χ0v) is 20.1. The Labute approximate surface area is 212 Å². The molecule has 1 fully saturated rings. The number of cyclic esters (lactones) is 1. The molecule has 4 N–H and O–H groups in total. The van der Waals surface area contributed by atoms with Gasteiger partial charge in [0.15, 0.2) is 0 Å². The number of carbonyl (C=O) groups is 4. The van der Waals surface area contributed by atoms with Crippen LogP contribution in [0.4, 0.5) is 13.6 Å². The fraction of sp³-hybridized carbons (Fsp3) is 0.385. The van der Waals surface area contributed by atoms with Gasteiger partial charge in [0.05, 0.1) is 11.6 Å². The molecule has 1 saturated heterocycles. The summed E-state index contributed by atoms with van der Waals surface area (Å²) in [7, 11) is 0. The Morgan fingerprint density at radius 1 is 0.973 bits per heavy atom. The molecule has 2 aromatic rings. The molecule has 198 valence electrons. The van der Waals surface area contributed by atoms with Gasteiger partial charge in [-0.3, -0.25) is 9.59 Å². The summed E-state index contributed by atoms with van der Waals surface area (Å²) < 4.78 is 31.9. The van der Waals surface area contributed by atoms with E-state index in [1.54, 1.807) is 12.1 Å². The van der Waals surface area contributed by atoms with E-state index < -0.39 is 41.7 Å². The number of alkyl carbamates (subject to hydrolysis) is 1. The molecule has 1 aliphatic heterocycles. The van der Waals surface area contributed by atoms with Gasteiger partial charge < -0.3 is 25.8 Å². The summed E-state index contributed by atoms with van der Waals surface area (Å²) in [6, 6.07) is 8.80. The minimum atomic E-state index is -1.04. The Hall–Kier alpha value is -4.02. The molecule has 2 atom stereocenters. The number of carboxylic acid groups (broad SMARTS) is 1. The number of carbonyl (C=O) groups excluding carboxylic acids is 3. The molecular weight excluding hydrogens is 488 g/mol. The van der Waals surface area contributed by atoms with Crippen LogP contribution in [0.1, 0.15) is 47.2 Å². The van der Waals surface area contributed by atoms with Crippen molar-refractivity contribution in [3.63, 3.8) is 0 Å². The highest BCUT2D eigenvalue weighted by molar-refractivity contribution is 5.88. The van der Waals surface area contributed by atoms with E-state index in [0.717, 1.165) is 23.8 Å². The van der Waals surface area contributed by atoms with Crippen LogP contribution in [0, 0.1) is 11.6 Å². The third kappa shape index (κ3) is 8.55. The van der Waals surface area contributed by atoms with Crippen LogP contribution < -0.4 is 16.0 Å². The van der Waals surface area contributed by atoms with E-state index in [9.17, 15) is 28.0 Å². The summed E-state index contributed by atoms with van der Waals surface area (Å²) in [5.74, 6) is -2.69. The van der Waals surface area contributed by atoms with Gasteiger partial charge in [0.1, 0.15) is 11.6 Å². The standard InChI is InChI=1S/C26H29F2N3O6/c27-19-10-11-20(28)18(15-19)4-3-5-22(32)29-12-1-2-13-30-24(33)23-21(31-26(36)37-23)14-16-6-8-17(9-7-16)25(34)35/h6-11,15,21,23H,1-5,12-14H2,(H,29,32)(H,30,33)(H,31,36)(H,34,35)/t21-,23+/m1/s1. The van der Waals surface area contributed by atoms with Gasteiger partial charge >= 0.3 is 12.1 Å². The first-order chi connectivity index (χ1) is 17.7. The average Bonchev–Trinajstić information content (AvgIpc) is 3.23. The number of aromatic carboxylic acids is 1. The number of halogens is 2. The molecule has 37 heavy (non-hydrogen) atoms. The van der Waals surface area contributed by atoms with Crippen LogP contribution >= 0.6 is 0 Å². The minimum Gasteiger partial charge on any atom is -0.478 e. The van der Waals surface area contributed by atoms with E-state index in [1.807, 2.05) is 0 Å². The number of amides is 3. The molecule has 1 aliphatic rings. The number of benzene rings is 2. The molecule has 0 bridgehead atoms. The third-order valence-corrected chi connectivity index (χ3v) is 5.90. The van der Waals surface area contributed by atoms with Crippen molar-refractivity contribution in [3.8, 4) is 0 Å². The van der Waals surface area contributed by atoms with Gasteiger partial charge in [0.2, 0.25) is 12.0 Å². The van der Waals surface area contributed by atoms with E-state index in [2.05, 4.69) is 16.0 Å². The van der Waals surface area contributed by atoms with Crippen molar-refractivity contribution in [2.24, 2.45) is 0 Å². The largest absolute Gasteiger partial charge is 0.478 e. The SMILES string of the molecule is O=C(CCCc1cc(F)ccc1F)NCCCCNC(=O)[C@H]1OC(=O)N[C@@H]1Cc1ccc(C(=O)O)cc1. The first-order valence-electron chi connectivity index (χ1n) is 12.0. The fourth-order valence-corrected chi connectivity index (χ4v) is 3.94. The fourth-order valence-electron chi connectivity index (χ4n) is 3.94. The molecule has 0 aromatic heterocycles. The van der Waals surface area contributed by atoms with Crippen LogP contribution in [0.3, 0.4) is 0 Å². The normalized spacial score (nSPS) is 16.5. The molecule has 0 unspecified atom stereocenters. The first kappa shape index (κ1) is 27.6. The zero-order valence-electron chi connectivity index (χ0n) is 20.1. The molecule has 0 saturated carbocycles. The van der Waals surface area contributed by atoms with Crippen LogP contribution in [0.25, 0.3) is 0 Å². The Balaban J connectivity index is 1.31. The Kier molecular flexibility index (Phi) is 9.93. The minimum absolute atomic E-state index is 0.139. The molecule has 11 heteroatoms. The predicted octanol–water partition coefficient (Wildman–Crippen LogP) is 2.72. The van der Waals surface area contributed by atoms with Crippen LogP contribution in [0.2, 0.25) is 0 Å². The second-order valence-corrected chi connectivity index (χ2v) is 8.72. The molecule has 0 spiro atoms. The number of aryl methyl sites for hydroxylation is 1. The smallest absolute Gasteiger partial charge is 0.408 e. The van der Waals surface area contributed by atoms with Gasteiger partial charge in [-0.1, -0.05) is 12.1 Å². The maximum Gasteiger partial charge on any atom is 0.408 e. The van der Waals surface area contributed by atoms with Crippen molar-refractivity contribution < 1.29 is 37.8 Å². The maximum absolute atomic E-state index is 13.6. The van der Waals surface area contributed by atoms with Crippen LogP contribution in [0.5, 0.6) is 0 Å². The third-order valence-electron chi connectivity index (χ3n) is 5.90. The summed E-state index contributed by atoms with van der Waals surface area (Å²) in [5.41, 5.74) is 1.13. The van der Waals surface area contributed by atoms with Crippen LogP contribution in [-0.2, 0) is 27.2 Å². The van der Waals surface area contributed by atoms with Crippen LogP contribution in [0.15, 0.2) is 42.5 Å². The average molecular weight is 518 g/mol. The number of unbranched alkanes of at least 4 members (excludes halogenated alkanes) is 1. The Morgan fingerprint density at radius 2 is 1.68 bits per heavy atom. The molecular formula is C26H29F2N3O6. The highest BCUT2D eigenvalue weighted by Gasteiger charge is 2.39. The van der Waals surface area contributed by atoms with E-state index in [0.29, 0.717) is 38.8 Å². The van der Waals surface area contributed by atoms with Gasteiger partial charge in [-0.15, -0.1) is 0 Å². The van der Waals surface area contributed by atoms with Gasteiger partial charge in [-0.05, 0) is 73.6 Å². The Morgan fingerprint density at radius 3 is 2.38 bits per heavy atom. The van der Waals surface area contributed by atoms with Crippen molar-refractivity contribution in [2.75, 3.05) is 13.1 Å². The zero-order chi connectivity index (χ0) is 26.8. The summed E-state index contributed by atoms with van der Waals surface area (Å²) in [5, 5.41) is 17.1. The second-order valence-electron chi connectivity index (χ2n) is 8.72. The number of hydrogen-bond acceptors (Lipinski definition) is 5. The lowest BCUT2D eigenvalue weighted by atomic mass is 10.0. The number of carboxylic acids is 1. The second kappa shape index (κ2) is 13.3. The van der Waals surface area contributed by atoms with E-state index in [-0.39, 0.29) is 29.9 Å². The van der Waals surface area contributed by atoms with E-state index in [1.165, 1.54) is 12.1 Å². The van der Waals surface area contributed by atoms with Gasteiger partial charge in [0, 0.05) is 19.5 Å². The van der Waals surface area contributed by atoms with Gasteiger partial charge in [0.25, 0.3) is 5.91 Å². The number of nitrogens with one attached hydrogen (secondary N) is 3. The lowest BCUT2D eigenvalue weighted by molar-refractivity contribution is -0.128. The predicted molar refractivity (Wildman–Crippen MR) is 129 cm³/mol. The van der Waals surface area contributed by atoms with Crippen LogP contribution in [-0.4, -0.2) is 54.2 Å². The van der Waals surface area contributed by atoms with Crippen molar-refractivity contribution in [1.82, 2.24) is 16.0 Å². The number of rotatable bonds is 13.